The third-order valence-electron chi connectivity index (χ3n) is 3.59. The highest BCUT2D eigenvalue weighted by Crippen LogP contribution is 2.28. The minimum atomic E-state index is 0.433. The van der Waals surface area contributed by atoms with Gasteiger partial charge in [0.2, 0.25) is 0 Å². The molecular weight excluding hydrogens is 186 g/mol. The fourth-order valence-corrected chi connectivity index (χ4v) is 2.67. The normalized spacial score (nSPS) is 27.9. The number of hydrogen-bond acceptors (Lipinski definition) is 2. The van der Waals surface area contributed by atoms with Crippen molar-refractivity contribution in [3.05, 3.63) is 18.1 Å². The molecular formula is C13H21NO. The van der Waals surface area contributed by atoms with E-state index < -0.39 is 0 Å². The van der Waals surface area contributed by atoms with Crippen LogP contribution in [0.15, 0.2) is 18.1 Å². The van der Waals surface area contributed by atoms with Crippen LogP contribution < -0.4 is 0 Å². The van der Waals surface area contributed by atoms with Gasteiger partial charge >= 0.3 is 0 Å². The Balaban J connectivity index is 1.95. The SMILES string of the molecule is C=C=C(OC1CCCC1)C1CCCN1C. The molecule has 2 heteroatoms. The second kappa shape index (κ2) is 4.87. The molecule has 1 aliphatic heterocycles. The molecule has 2 nitrogen and oxygen atoms in total. The van der Waals surface area contributed by atoms with Crippen LogP contribution in [0, 0.1) is 0 Å². The van der Waals surface area contributed by atoms with Crippen molar-refractivity contribution < 1.29 is 4.74 Å². The fourth-order valence-electron chi connectivity index (χ4n) is 2.67. The van der Waals surface area contributed by atoms with Gasteiger partial charge in [-0.1, -0.05) is 12.3 Å². The molecule has 1 aliphatic carbocycles. The topological polar surface area (TPSA) is 12.5 Å². The fraction of sp³-hybridized carbons (Fsp3) is 0.769. The van der Waals surface area contributed by atoms with Crippen LogP contribution in [0.2, 0.25) is 0 Å². The van der Waals surface area contributed by atoms with Gasteiger partial charge in [-0.3, -0.25) is 4.90 Å². The Hall–Kier alpha value is -0.720. The predicted octanol–water partition coefficient (Wildman–Crippen LogP) is 2.71. The summed E-state index contributed by atoms with van der Waals surface area (Å²) in [6.07, 6.45) is 7.94. The Morgan fingerprint density at radius 1 is 1.27 bits per heavy atom. The molecule has 1 unspecified atom stereocenters. The first-order chi connectivity index (χ1) is 7.31. The number of hydrogen-bond donors (Lipinski definition) is 0. The molecule has 1 saturated carbocycles. The molecule has 2 fully saturated rings. The summed E-state index contributed by atoms with van der Waals surface area (Å²) in [6.45, 7) is 4.94. The molecule has 1 atom stereocenters. The minimum absolute atomic E-state index is 0.433. The second-order valence-electron chi connectivity index (χ2n) is 4.70. The molecule has 2 aliphatic rings. The number of nitrogens with zero attached hydrogens (tertiary/aromatic N) is 1. The lowest BCUT2D eigenvalue weighted by Gasteiger charge is -2.24. The van der Waals surface area contributed by atoms with Crippen LogP contribution in [-0.4, -0.2) is 30.6 Å². The van der Waals surface area contributed by atoms with Crippen molar-refractivity contribution in [2.45, 2.75) is 50.7 Å². The van der Waals surface area contributed by atoms with Crippen LogP contribution >= 0.6 is 0 Å². The van der Waals surface area contributed by atoms with E-state index in [4.69, 9.17) is 4.74 Å². The molecule has 0 N–H and O–H groups in total. The first kappa shape index (κ1) is 10.8. The zero-order chi connectivity index (χ0) is 10.7. The van der Waals surface area contributed by atoms with Gasteiger partial charge in [0.25, 0.3) is 0 Å². The molecule has 0 radical (unpaired) electrons. The summed E-state index contributed by atoms with van der Waals surface area (Å²) in [5.74, 6) is 0.988. The molecule has 1 heterocycles. The van der Waals surface area contributed by atoms with Gasteiger partial charge in [0.15, 0.2) is 5.76 Å². The van der Waals surface area contributed by atoms with Crippen LogP contribution in [0.5, 0.6) is 0 Å². The van der Waals surface area contributed by atoms with Gasteiger partial charge in [0.05, 0.1) is 12.1 Å². The van der Waals surface area contributed by atoms with E-state index in [-0.39, 0.29) is 0 Å². The van der Waals surface area contributed by atoms with E-state index in [1.807, 2.05) is 0 Å². The molecule has 0 aromatic heterocycles. The van der Waals surface area contributed by atoms with Crippen LogP contribution in [0.1, 0.15) is 38.5 Å². The lowest BCUT2D eigenvalue weighted by molar-refractivity contribution is 0.0901. The van der Waals surface area contributed by atoms with E-state index in [9.17, 15) is 0 Å². The van der Waals surface area contributed by atoms with Crippen molar-refractivity contribution in [1.82, 2.24) is 4.90 Å². The molecule has 84 valence electrons. The maximum absolute atomic E-state index is 6.02. The van der Waals surface area contributed by atoms with E-state index in [2.05, 4.69) is 24.3 Å². The number of rotatable bonds is 3. The van der Waals surface area contributed by atoms with Crippen LogP contribution in [0.4, 0.5) is 0 Å². The highest BCUT2D eigenvalue weighted by Gasteiger charge is 2.28. The average Bonchev–Trinajstić information content (AvgIpc) is 2.85. The van der Waals surface area contributed by atoms with E-state index >= 15 is 0 Å². The monoisotopic (exact) mass is 207 g/mol. The number of likely N-dealkylation sites (N-methyl/N-ethyl adjacent to an activating group) is 1. The molecule has 2 rings (SSSR count). The highest BCUT2D eigenvalue weighted by atomic mass is 16.5. The maximum atomic E-state index is 6.02. The number of ether oxygens (including phenoxy) is 1. The summed E-state index contributed by atoms with van der Waals surface area (Å²) in [7, 11) is 2.16. The van der Waals surface area contributed by atoms with Crippen molar-refractivity contribution in [3.63, 3.8) is 0 Å². The summed E-state index contributed by atoms with van der Waals surface area (Å²) in [5, 5.41) is 0. The number of likely N-dealkylation sites (tertiary alicyclic amines) is 1. The Labute approximate surface area is 92.6 Å². The van der Waals surface area contributed by atoms with Crippen molar-refractivity contribution in [3.8, 4) is 0 Å². The molecule has 1 saturated heterocycles. The first-order valence-corrected chi connectivity index (χ1v) is 6.08. The van der Waals surface area contributed by atoms with Crippen LogP contribution in [0.3, 0.4) is 0 Å². The van der Waals surface area contributed by atoms with Gasteiger partial charge in [0, 0.05) is 0 Å². The molecule has 0 aromatic rings. The van der Waals surface area contributed by atoms with Crippen molar-refractivity contribution >= 4 is 0 Å². The van der Waals surface area contributed by atoms with E-state index in [0.717, 1.165) is 5.76 Å². The Kier molecular flexibility index (Phi) is 3.50. The van der Waals surface area contributed by atoms with E-state index in [1.54, 1.807) is 0 Å². The van der Waals surface area contributed by atoms with Crippen LogP contribution in [-0.2, 0) is 4.74 Å². The lowest BCUT2D eigenvalue weighted by Crippen LogP contribution is -2.29. The summed E-state index contributed by atoms with van der Waals surface area (Å²) in [5.41, 5.74) is 3.00. The Morgan fingerprint density at radius 3 is 2.53 bits per heavy atom. The lowest BCUT2D eigenvalue weighted by atomic mass is 10.2. The zero-order valence-electron chi connectivity index (χ0n) is 9.67. The standard InChI is InChI=1S/C13H21NO/c1-3-13(12-9-6-10-14(12)2)15-11-7-4-5-8-11/h11-12H,1,4-10H2,2H3. The maximum Gasteiger partial charge on any atom is 0.155 e. The third kappa shape index (κ3) is 2.45. The van der Waals surface area contributed by atoms with Gasteiger partial charge < -0.3 is 4.74 Å². The van der Waals surface area contributed by atoms with Crippen molar-refractivity contribution in [1.29, 1.82) is 0 Å². The van der Waals surface area contributed by atoms with Crippen molar-refractivity contribution in [2.75, 3.05) is 13.6 Å². The Bertz CT molecular complexity index is 262. The molecule has 0 bridgehead atoms. The largest absolute Gasteiger partial charge is 0.485 e. The van der Waals surface area contributed by atoms with Gasteiger partial charge in [-0.2, -0.15) is 0 Å². The van der Waals surface area contributed by atoms with E-state index in [1.165, 1.54) is 45.1 Å². The predicted molar refractivity (Wildman–Crippen MR) is 61.6 cm³/mol. The van der Waals surface area contributed by atoms with Gasteiger partial charge in [-0.15, -0.1) is 0 Å². The molecule has 0 spiro atoms. The summed E-state index contributed by atoms with van der Waals surface area (Å²) in [4.78, 5) is 2.35. The second-order valence-corrected chi connectivity index (χ2v) is 4.70. The summed E-state index contributed by atoms with van der Waals surface area (Å²) >= 11 is 0. The summed E-state index contributed by atoms with van der Waals surface area (Å²) in [6, 6.07) is 0.433. The third-order valence-corrected chi connectivity index (χ3v) is 3.59. The average molecular weight is 207 g/mol. The summed E-state index contributed by atoms with van der Waals surface area (Å²) < 4.78 is 6.02. The van der Waals surface area contributed by atoms with Gasteiger partial charge in [-0.25, -0.2) is 0 Å². The first-order valence-electron chi connectivity index (χ1n) is 6.08. The van der Waals surface area contributed by atoms with Crippen LogP contribution in [0.25, 0.3) is 0 Å². The highest BCUT2D eigenvalue weighted by molar-refractivity contribution is 5.04. The molecule has 15 heavy (non-hydrogen) atoms. The van der Waals surface area contributed by atoms with Gasteiger partial charge in [0.1, 0.15) is 0 Å². The van der Waals surface area contributed by atoms with Crippen molar-refractivity contribution in [2.24, 2.45) is 0 Å². The quantitative estimate of drug-likeness (QED) is 0.521. The molecule has 0 amide bonds. The minimum Gasteiger partial charge on any atom is -0.485 e. The molecule has 0 aromatic carbocycles. The van der Waals surface area contributed by atoms with Gasteiger partial charge in [-0.05, 0) is 52.1 Å². The smallest absolute Gasteiger partial charge is 0.155 e. The van der Waals surface area contributed by atoms with E-state index in [0.29, 0.717) is 12.1 Å². The zero-order valence-corrected chi connectivity index (χ0v) is 9.67. The Morgan fingerprint density at radius 2 is 2.00 bits per heavy atom.